The highest BCUT2D eigenvalue weighted by Gasteiger charge is 2.23. The highest BCUT2D eigenvalue weighted by Crippen LogP contribution is 2.14. The van der Waals surface area contributed by atoms with Gasteiger partial charge in [0.1, 0.15) is 11.9 Å². The van der Waals surface area contributed by atoms with Crippen molar-refractivity contribution < 1.29 is 4.79 Å². The van der Waals surface area contributed by atoms with Gasteiger partial charge in [0.25, 0.3) is 0 Å². The van der Waals surface area contributed by atoms with Crippen molar-refractivity contribution in [2.45, 2.75) is 39.7 Å². The van der Waals surface area contributed by atoms with Crippen LogP contribution in [0, 0.1) is 6.92 Å². The molecule has 6 nitrogen and oxygen atoms in total. The van der Waals surface area contributed by atoms with Crippen LogP contribution in [0.1, 0.15) is 32.4 Å². The van der Waals surface area contributed by atoms with Gasteiger partial charge in [-0.05, 0) is 33.6 Å². The third-order valence-electron chi connectivity index (χ3n) is 3.34. The number of amides is 1. The quantitative estimate of drug-likeness (QED) is 0.856. The van der Waals surface area contributed by atoms with Crippen LogP contribution < -0.4 is 10.6 Å². The van der Waals surface area contributed by atoms with Gasteiger partial charge in [0.15, 0.2) is 0 Å². The summed E-state index contributed by atoms with van der Waals surface area (Å²) in [6.07, 6.45) is 2.21. The second-order valence-electron chi connectivity index (χ2n) is 5.15. The first-order valence-electron chi connectivity index (χ1n) is 7.25. The Morgan fingerprint density at radius 1 is 1.40 bits per heavy atom. The summed E-state index contributed by atoms with van der Waals surface area (Å²) in [7, 11) is 0. The summed E-state index contributed by atoms with van der Waals surface area (Å²) >= 11 is 0. The van der Waals surface area contributed by atoms with E-state index >= 15 is 0 Å². The Labute approximate surface area is 120 Å². The molecule has 1 aliphatic rings. The first kappa shape index (κ1) is 14.6. The van der Waals surface area contributed by atoms with E-state index in [4.69, 9.17) is 0 Å². The zero-order chi connectivity index (χ0) is 14.5. The van der Waals surface area contributed by atoms with Gasteiger partial charge in [-0.1, -0.05) is 0 Å². The van der Waals surface area contributed by atoms with Crippen molar-refractivity contribution >= 4 is 17.7 Å². The Morgan fingerprint density at radius 3 is 2.75 bits per heavy atom. The Kier molecular flexibility index (Phi) is 4.76. The number of hydrogen-bond donors (Lipinski definition) is 2. The van der Waals surface area contributed by atoms with Crippen LogP contribution in [0.2, 0.25) is 0 Å². The molecule has 20 heavy (non-hydrogen) atoms. The smallest absolute Gasteiger partial charge is 0.244 e. The molecule has 1 amide bonds. The van der Waals surface area contributed by atoms with E-state index in [2.05, 4.69) is 20.6 Å². The van der Waals surface area contributed by atoms with Crippen molar-refractivity contribution in [3.05, 3.63) is 11.8 Å². The summed E-state index contributed by atoms with van der Waals surface area (Å²) in [5, 5.41) is 6.26. The first-order valence-corrected chi connectivity index (χ1v) is 7.25. The van der Waals surface area contributed by atoms with Crippen LogP contribution in [0.15, 0.2) is 6.07 Å². The molecular formula is C14H23N5O. The second-order valence-corrected chi connectivity index (χ2v) is 5.15. The minimum Gasteiger partial charge on any atom is -0.358 e. The van der Waals surface area contributed by atoms with E-state index in [0.29, 0.717) is 11.8 Å². The summed E-state index contributed by atoms with van der Waals surface area (Å²) < 4.78 is 0. The van der Waals surface area contributed by atoms with Crippen LogP contribution in [0.25, 0.3) is 0 Å². The van der Waals surface area contributed by atoms with E-state index < -0.39 is 0 Å². The molecular weight excluding hydrogens is 254 g/mol. The molecule has 0 saturated carbocycles. The fraction of sp³-hybridized carbons (Fsp3) is 0.643. The van der Waals surface area contributed by atoms with Crippen molar-refractivity contribution in [1.29, 1.82) is 0 Å². The predicted molar refractivity (Wildman–Crippen MR) is 79.8 cm³/mol. The van der Waals surface area contributed by atoms with Gasteiger partial charge in [0.2, 0.25) is 11.9 Å². The summed E-state index contributed by atoms with van der Waals surface area (Å²) in [6.45, 7) is 8.31. The molecule has 0 radical (unpaired) electrons. The van der Waals surface area contributed by atoms with Crippen LogP contribution >= 0.6 is 0 Å². The van der Waals surface area contributed by atoms with E-state index in [1.807, 2.05) is 31.7 Å². The summed E-state index contributed by atoms with van der Waals surface area (Å²) in [4.78, 5) is 22.8. The van der Waals surface area contributed by atoms with Crippen LogP contribution in [0.5, 0.6) is 0 Å². The number of aromatic nitrogens is 2. The Balaban J connectivity index is 2.02. The monoisotopic (exact) mass is 277 g/mol. The van der Waals surface area contributed by atoms with E-state index in [1.165, 1.54) is 0 Å². The van der Waals surface area contributed by atoms with Gasteiger partial charge in [-0.15, -0.1) is 0 Å². The summed E-state index contributed by atoms with van der Waals surface area (Å²) in [5.41, 5.74) is 0.874. The van der Waals surface area contributed by atoms with Crippen LogP contribution in [-0.2, 0) is 4.79 Å². The van der Waals surface area contributed by atoms with Gasteiger partial charge in [-0.3, -0.25) is 4.79 Å². The van der Waals surface area contributed by atoms with E-state index in [9.17, 15) is 4.79 Å². The third-order valence-corrected chi connectivity index (χ3v) is 3.34. The highest BCUT2D eigenvalue weighted by atomic mass is 16.2. The Bertz CT molecular complexity index is 471. The minimum absolute atomic E-state index is 0.142. The molecule has 1 atom stereocenters. The van der Waals surface area contributed by atoms with Gasteiger partial charge in [-0.2, -0.15) is 4.98 Å². The topological polar surface area (TPSA) is 70.2 Å². The lowest BCUT2D eigenvalue weighted by Gasteiger charge is -2.21. The molecule has 1 aromatic heterocycles. The maximum atomic E-state index is 12.2. The fourth-order valence-electron chi connectivity index (χ4n) is 2.37. The standard InChI is InChI=1S/C14H23N5O/c1-4-15-14-16-10(2)9-12(18-14)17-11(3)13(20)19-7-5-6-8-19/h9,11H,4-8H2,1-3H3,(H2,15,16,17,18). The maximum absolute atomic E-state index is 12.2. The van der Waals surface area contributed by atoms with Crippen molar-refractivity contribution in [1.82, 2.24) is 14.9 Å². The van der Waals surface area contributed by atoms with Gasteiger partial charge in [0.05, 0.1) is 0 Å². The Hall–Kier alpha value is -1.85. The molecule has 2 N–H and O–H groups in total. The molecule has 1 saturated heterocycles. The molecule has 110 valence electrons. The van der Waals surface area contributed by atoms with Gasteiger partial charge in [0, 0.05) is 31.4 Å². The zero-order valence-corrected chi connectivity index (χ0v) is 12.4. The number of nitrogens with one attached hydrogen (secondary N) is 2. The fourth-order valence-corrected chi connectivity index (χ4v) is 2.37. The molecule has 1 fully saturated rings. The SMILES string of the molecule is CCNc1nc(C)cc(NC(C)C(=O)N2CCCC2)n1. The summed E-state index contributed by atoms with van der Waals surface area (Å²) in [5.74, 6) is 1.42. The van der Waals surface area contributed by atoms with Gasteiger partial charge in [-0.25, -0.2) is 4.98 Å². The number of likely N-dealkylation sites (tertiary alicyclic amines) is 1. The lowest BCUT2D eigenvalue weighted by atomic mass is 10.3. The molecule has 0 bridgehead atoms. The van der Waals surface area contributed by atoms with E-state index in [1.54, 1.807) is 0 Å². The van der Waals surface area contributed by atoms with Crippen LogP contribution in [-0.4, -0.2) is 46.5 Å². The normalized spacial score (nSPS) is 16.1. The lowest BCUT2D eigenvalue weighted by Crippen LogP contribution is -2.39. The molecule has 6 heteroatoms. The largest absolute Gasteiger partial charge is 0.358 e. The van der Waals surface area contributed by atoms with Gasteiger partial charge < -0.3 is 15.5 Å². The number of hydrogen-bond acceptors (Lipinski definition) is 5. The van der Waals surface area contributed by atoms with Crippen LogP contribution in [0.4, 0.5) is 11.8 Å². The van der Waals surface area contributed by atoms with Crippen molar-refractivity contribution in [3.63, 3.8) is 0 Å². The third kappa shape index (κ3) is 3.59. The summed E-state index contributed by atoms with van der Waals surface area (Å²) in [6, 6.07) is 1.59. The van der Waals surface area contributed by atoms with Crippen molar-refractivity contribution in [2.75, 3.05) is 30.3 Å². The number of rotatable bonds is 5. The Morgan fingerprint density at radius 2 is 2.10 bits per heavy atom. The van der Waals surface area contributed by atoms with Crippen LogP contribution in [0.3, 0.4) is 0 Å². The predicted octanol–water partition coefficient (Wildman–Crippen LogP) is 1.64. The molecule has 1 aromatic rings. The number of carbonyl (C=O) groups excluding carboxylic acids is 1. The zero-order valence-electron chi connectivity index (χ0n) is 12.4. The van der Waals surface area contributed by atoms with E-state index in [0.717, 1.165) is 38.2 Å². The number of aryl methyl sites for hydroxylation is 1. The number of nitrogens with zero attached hydrogens (tertiary/aromatic N) is 3. The first-order chi connectivity index (χ1) is 9.60. The van der Waals surface area contributed by atoms with E-state index in [-0.39, 0.29) is 11.9 Å². The molecule has 0 spiro atoms. The maximum Gasteiger partial charge on any atom is 0.244 e. The number of anilines is 2. The average molecular weight is 277 g/mol. The molecule has 1 unspecified atom stereocenters. The number of carbonyl (C=O) groups is 1. The molecule has 2 heterocycles. The molecule has 0 aromatic carbocycles. The van der Waals surface area contributed by atoms with Crippen molar-refractivity contribution in [2.24, 2.45) is 0 Å². The van der Waals surface area contributed by atoms with Crippen molar-refractivity contribution in [3.8, 4) is 0 Å². The lowest BCUT2D eigenvalue weighted by molar-refractivity contribution is -0.130. The average Bonchev–Trinajstić information content (AvgIpc) is 2.91. The molecule has 1 aliphatic heterocycles. The van der Waals surface area contributed by atoms with Gasteiger partial charge >= 0.3 is 0 Å². The molecule has 0 aliphatic carbocycles. The highest BCUT2D eigenvalue weighted by molar-refractivity contribution is 5.84. The minimum atomic E-state index is -0.267. The second kappa shape index (κ2) is 6.54. The molecule has 2 rings (SSSR count).